The van der Waals surface area contributed by atoms with Crippen LogP contribution in [0, 0.1) is 6.92 Å². The fourth-order valence-electron chi connectivity index (χ4n) is 2.83. The molecule has 1 radical (unpaired) electrons. The van der Waals surface area contributed by atoms with Crippen LogP contribution >= 0.6 is 0 Å². The third-order valence-corrected chi connectivity index (χ3v) is 3.97. The van der Waals surface area contributed by atoms with E-state index in [1.165, 1.54) is 16.3 Å². The lowest BCUT2D eigenvalue weighted by molar-refractivity contribution is -0.189. The van der Waals surface area contributed by atoms with E-state index < -0.39 is 0 Å². The van der Waals surface area contributed by atoms with Crippen molar-refractivity contribution < 1.29 is 14.2 Å². The summed E-state index contributed by atoms with van der Waals surface area (Å²) in [5, 5.41) is 2.43. The number of hydrogen-bond acceptors (Lipinski definition) is 3. The first-order valence-electron chi connectivity index (χ1n) is 7.41. The maximum atomic E-state index is 5.79. The average Bonchev–Trinajstić information content (AvgIpc) is 2.55. The van der Waals surface area contributed by atoms with E-state index in [4.69, 9.17) is 14.2 Å². The second kappa shape index (κ2) is 6.46. The molecule has 1 aliphatic rings. The molecule has 1 aliphatic heterocycles. The van der Waals surface area contributed by atoms with Gasteiger partial charge in [-0.25, -0.2) is 0 Å². The highest BCUT2D eigenvalue weighted by molar-refractivity contribution is 5.87. The zero-order valence-corrected chi connectivity index (χ0v) is 12.4. The Hall–Kier alpha value is -1.58. The van der Waals surface area contributed by atoms with Gasteiger partial charge in [0.15, 0.2) is 6.29 Å². The monoisotopic (exact) mass is 285 g/mol. The van der Waals surface area contributed by atoms with Gasteiger partial charge in [0.05, 0.1) is 20.3 Å². The van der Waals surface area contributed by atoms with Gasteiger partial charge in [-0.15, -0.1) is 0 Å². The number of benzene rings is 2. The van der Waals surface area contributed by atoms with Crippen LogP contribution in [-0.2, 0) is 9.47 Å². The molecular formula is C18H21O3. The molecule has 0 aliphatic carbocycles. The lowest BCUT2D eigenvalue weighted by atomic mass is 9.94. The van der Waals surface area contributed by atoms with Gasteiger partial charge in [0.2, 0.25) is 0 Å². The maximum absolute atomic E-state index is 5.79. The van der Waals surface area contributed by atoms with Gasteiger partial charge < -0.3 is 14.2 Å². The topological polar surface area (TPSA) is 27.7 Å². The Kier molecular flexibility index (Phi) is 4.42. The second-order valence-corrected chi connectivity index (χ2v) is 5.37. The van der Waals surface area contributed by atoms with Gasteiger partial charge >= 0.3 is 0 Å². The summed E-state index contributed by atoms with van der Waals surface area (Å²) >= 11 is 0. The molecule has 0 unspecified atom stereocenters. The Morgan fingerprint density at radius 2 is 2.00 bits per heavy atom. The predicted octanol–water partition coefficient (Wildman–Crippen LogP) is 3.92. The van der Waals surface area contributed by atoms with Crippen molar-refractivity contribution in [1.82, 2.24) is 0 Å². The molecule has 111 valence electrons. The zero-order valence-electron chi connectivity index (χ0n) is 12.4. The third kappa shape index (κ3) is 3.04. The summed E-state index contributed by atoms with van der Waals surface area (Å²) < 4.78 is 16.9. The molecule has 0 aromatic heterocycles. The Labute approximate surface area is 125 Å². The summed E-state index contributed by atoms with van der Waals surface area (Å²) in [6, 6.07) is 12.5. The average molecular weight is 285 g/mol. The molecule has 0 spiro atoms. The van der Waals surface area contributed by atoms with Crippen LogP contribution in [0.4, 0.5) is 0 Å². The fraction of sp³-hybridized carbons (Fsp3) is 0.389. The van der Waals surface area contributed by atoms with Crippen LogP contribution in [0.3, 0.4) is 0 Å². The van der Waals surface area contributed by atoms with Crippen LogP contribution in [0.2, 0.25) is 0 Å². The van der Waals surface area contributed by atoms with E-state index >= 15 is 0 Å². The molecule has 0 saturated carbocycles. The quantitative estimate of drug-likeness (QED) is 0.852. The minimum absolute atomic E-state index is 0.0891. The van der Waals surface area contributed by atoms with E-state index in [0.717, 1.165) is 18.6 Å². The van der Waals surface area contributed by atoms with Crippen molar-refractivity contribution in [3.05, 3.63) is 48.9 Å². The summed E-state index contributed by atoms with van der Waals surface area (Å²) in [5.41, 5.74) is 1.28. The number of fused-ring (bicyclic) bond motifs is 1. The van der Waals surface area contributed by atoms with E-state index in [1.807, 2.05) is 6.07 Å². The first kappa shape index (κ1) is 14.4. The van der Waals surface area contributed by atoms with Gasteiger partial charge in [0, 0.05) is 5.92 Å². The highest BCUT2D eigenvalue weighted by Gasteiger charge is 2.24. The Morgan fingerprint density at radius 3 is 2.71 bits per heavy atom. The fourth-order valence-corrected chi connectivity index (χ4v) is 2.83. The minimum Gasteiger partial charge on any atom is -0.497 e. The molecule has 1 fully saturated rings. The van der Waals surface area contributed by atoms with E-state index in [2.05, 4.69) is 37.3 Å². The molecule has 0 bridgehead atoms. The highest BCUT2D eigenvalue weighted by atomic mass is 16.7. The van der Waals surface area contributed by atoms with Crippen LogP contribution in [0.5, 0.6) is 5.75 Å². The van der Waals surface area contributed by atoms with Crippen molar-refractivity contribution in [1.29, 1.82) is 0 Å². The third-order valence-electron chi connectivity index (χ3n) is 3.97. The van der Waals surface area contributed by atoms with Gasteiger partial charge in [-0.2, -0.15) is 0 Å². The van der Waals surface area contributed by atoms with Crippen molar-refractivity contribution >= 4 is 10.8 Å². The number of ether oxygens (including phenoxy) is 3. The Bertz CT molecular complexity index is 600. The number of hydrogen-bond donors (Lipinski definition) is 0. The largest absolute Gasteiger partial charge is 0.497 e. The SMILES string of the molecule is [CH2]CCC1OCC(c2cccc3cc(OC)ccc23)CO1. The molecule has 0 amide bonds. The lowest BCUT2D eigenvalue weighted by Crippen LogP contribution is -2.30. The van der Waals surface area contributed by atoms with Crippen LogP contribution in [0.1, 0.15) is 24.3 Å². The highest BCUT2D eigenvalue weighted by Crippen LogP contribution is 2.31. The zero-order chi connectivity index (χ0) is 14.7. The van der Waals surface area contributed by atoms with Gasteiger partial charge in [-0.05, 0) is 41.3 Å². The smallest absolute Gasteiger partial charge is 0.157 e. The maximum Gasteiger partial charge on any atom is 0.157 e. The number of methoxy groups -OCH3 is 1. The first-order chi connectivity index (χ1) is 10.3. The van der Waals surface area contributed by atoms with Crippen molar-refractivity contribution in [2.24, 2.45) is 0 Å². The van der Waals surface area contributed by atoms with Crippen molar-refractivity contribution in [2.45, 2.75) is 25.0 Å². The number of rotatable bonds is 4. The van der Waals surface area contributed by atoms with Crippen molar-refractivity contribution in [3.8, 4) is 5.75 Å². The summed E-state index contributed by atoms with van der Waals surface area (Å²) in [6.45, 7) is 5.25. The summed E-state index contributed by atoms with van der Waals surface area (Å²) in [7, 11) is 1.69. The van der Waals surface area contributed by atoms with Gasteiger partial charge in [-0.1, -0.05) is 31.2 Å². The van der Waals surface area contributed by atoms with Gasteiger partial charge in [-0.3, -0.25) is 0 Å². The first-order valence-corrected chi connectivity index (χ1v) is 7.41. The minimum atomic E-state index is -0.0891. The lowest BCUT2D eigenvalue weighted by Gasteiger charge is -2.30. The standard InChI is InChI=1S/C18H21O3/c1-3-5-18-20-11-14(12-21-18)16-7-4-6-13-10-15(19-2)8-9-17(13)16/h4,6-10,14,18H,1,3,5,11-12H2,2H3. The molecule has 21 heavy (non-hydrogen) atoms. The van der Waals surface area contributed by atoms with Gasteiger partial charge in [0.25, 0.3) is 0 Å². The van der Waals surface area contributed by atoms with E-state index in [-0.39, 0.29) is 12.2 Å². The molecule has 3 rings (SSSR count). The van der Waals surface area contributed by atoms with Crippen LogP contribution in [0.15, 0.2) is 36.4 Å². The Balaban J connectivity index is 1.84. The molecule has 2 aromatic carbocycles. The molecule has 1 heterocycles. The molecule has 0 N–H and O–H groups in total. The van der Waals surface area contributed by atoms with Crippen LogP contribution in [-0.4, -0.2) is 26.6 Å². The van der Waals surface area contributed by atoms with E-state index in [9.17, 15) is 0 Å². The molecule has 2 aromatic rings. The van der Waals surface area contributed by atoms with Crippen molar-refractivity contribution in [2.75, 3.05) is 20.3 Å². The summed E-state index contributed by atoms with van der Waals surface area (Å²) in [5.74, 6) is 1.16. The molecular weight excluding hydrogens is 264 g/mol. The van der Waals surface area contributed by atoms with Crippen LogP contribution in [0.25, 0.3) is 10.8 Å². The summed E-state index contributed by atoms with van der Waals surface area (Å²) in [4.78, 5) is 0. The molecule has 1 saturated heterocycles. The second-order valence-electron chi connectivity index (χ2n) is 5.37. The van der Waals surface area contributed by atoms with E-state index in [0.29, 0.717) is 13.2 Å². The Morgan fingerprint density at radius 1 is 1.19 bits per heavy atom. The predicted molar refractivity (Wildman–Crippen MR) is 83.5 cm³/mol. The molecule has 3 heteroatoms. The molecule has 3 nitrogen and oxygen atoms in total. The van der Waals surface area contributed by atoms with Crippen LogP contribution < -0.4 is 4.74 Å². The normalized spacial score (nSPS) is 22.4. The molecule has 0 atom stereocenters. The van der Waals surface area contributed by atoms with Crippen molar-refractivity contribution in [3.63, 3.8) is 0 Å². The van der Waals surface area contributed by atoms with Gasteiger partial charge in [0.1, 0.15) is 5.75 Å². The van der Waals surface area contributed by atoms with E-state index in [1.54, 1.807) is 7.11 Å². The summed E-state index contributed by atoms with van der Waals surface area (Å²) in [6.07, 6.45) is 1.61.